The van der Waals surface area contributed by atoms with Crippen molar-refractivity contribution in [3.8, 4) is 0 Å². The monoisotopic (exact) mass is 262 g/mol. The molecule has 2 aliphatic rings. The number of hydrogen-bond acceptors (Lipinski definition) is 3. The third kappa shape index (κ3) is 3.19. The quantitative estimate of drug-likeness (QED) is 0.767. The summed E-state index contributed by atoms with van der Waals surface area (Å²) < 4.78 is 28.4. The first kappa shape index (κ1) is 13.3. The Hall–Kier alpha value is -0.170. The lowest BCUT2D eigenvalue weighted by Gasteiger charge is -2.37. The molecule has 1 aliphatic heterocycles. The van der Waals surface area contributed by atoms with E-state index in [-0.39, 0.29) is 18.6 Å². The van der Waals surface area contributed by atoms with E-state index in [1.165, 1.54) is 4.31 Å². The fourth-order valence-corrected chi connectivity index (χ4v) is 4.22. The Morgan fingerprint density at radius 1 is 1.41 bits per heavy atom. The highest BCUT2D eigenvalue weighted by Gasteiger charge is 2.34. The predicted molar refractivity (Wildman–Crippen MR) is 65.6 cm³/mol. The standard InChI is InChI=1S/C11H22N2O3S/c1-9-5-11(6-9)12-17(15,16)13-4-2-3-10(7-13)8-14/h9-12,14H,2-8H2,1H3. The topological polar surface area (TPSA) is 69.6 Å². The third-order valence-corrected chi connectivity index (χ3v) is 5.41. The first-order chi connectivity index (χ1) is 8.01. The van der Waals surface area contributed by atoms with E-state index in [0.717, 1.165) is 25.7 Å². The van der Waals surface area contributed by atoms with Gasteiger partial charge in [-0.1, -0.05) is 6.92 Å². The summed E-state index contributed by atoms with van der Waals surface area (Å²) in [6, 6.07) is 0.115. The summed E-state index contributed by atoms with van der Waals surface area (Å²) in [6.45, 7) is 3.24. The summed E-state index contributed by atoms with van der Waals surface area (Å²) >= 11 is 0. The molecule has 1 unspecified atom stereocenters. The van der Waals surface area contributed by atoms with Gasteiger partial charge in [0.05, 0.1) is 0 Å². The summed E-state index contributed by atoms with van der Waals surface area (Å²) in [7, 11) is -3.34. The molecule has 0 amide bonds. The number of aliphatic hydroxyl groups is 1. The van der Waals surface area contributed by atoms with Gasteiger partial charge in [0.1, 0.15) is 0 Å². The second kappa shape index (κ2) is 5.22. The maximum Gasteiger partial charge on any atom is 0.279 e. The van der Waals surface area contributed by atoms with Gasteiger partial charge in [0.2, 0.25) is 0 Å². The smallest absolute Gasteiger partial charge is 0.279 e. The van der Waals surface area contributed by atoms with Crippen molar-refractivity contribution in [3.05, 3.63) is 0 Å². The molecular formula is C11H22N2O3S. The maximum atomic E-state index is 12.1. The summed E-state index contributed by atoms with van der Waals surface area (Å²) in [5.74, 6) is 0.731. The van der Waals surface area contributed by atoms with Gasteiger partial charge in [0.15, 0.2) is 0 Å². The number of piperidine rings is 1. The predicted octanol–water partition coefficient (Wildman–Crippen LogP) is 0.324. The van der Waals surface area contributed by atoms with E-state index in [9.17, 15) is 8.42 Å². The van der Waals surface area contributed by atoms with Crippen LogP contribution in [0.3, 0.4) is 0 Å². The van der Waals surface area contributed by atoms with Gasteiger partial charge in [-0.2, -0.15) is 17.4 Å². The average Bonchev–Trinajstić information content (AvgIpc) is 2.27. The molecule has 0 aromatic carbocycles. The van der Waals surface area contributed by atoms with E-state index >= 15 is 0 Å². The molecule has 2 N–H and O–H groups in total. The van der Waals surface area contributed by atoms with Crippen LogP contribution in [0.1, 0.15) is 32.6 Å². The molecule has 1 aliphatic carbocycles. The minimum absolute atomic E-state index is 0.0759. The van der Waals surface area contributed by atoms with Crippen LogP contribution in [0, 0.1) is 11.8 Å². The van der Waals surface area contributed by atoms with Crippen molar-refractivity contribution in [1.29, 1.82) is 0 Å². The molecule has 1 atom stereocenters. The summed E-state index contributed by atoms with van der Waals surface area (Å²) in [5.41, 5.74) is 0. The number of rotatable bonds is 4. The highest BCUT2D eigenvalue weighted by atomic mass is 32.2. The Morgan fingerprint density at radius 2 is 2.12 bits per heavy atom. The van der Waals surface area contributed by atoms with Gasteiger partial charge in [0.25, 0.3) is 10.2 Å². The third-order valence-electron chi connectivity index (χ3n) is 3.77. The molecule has 1 saturated heterocycles. The van der Waals surface area contributed by atoms with Gasteiger partial charge >= 0.3 is 0 Å². The molecule has 0 radical (unpaired) electrons. The zero-order chi connectivity index (χ0) is 12.5. The van der Waals surface area contributed by atoms with E-state index in [2.05, 4.69) is 11.6 Å². The molecular weight excluding hydrogens is 240 g/mol. The lowest BCUT2D eigenvalue weighted by atomic mass is 9.83. The SMILES string of the molecule is CC1CC(NS(=O)(=O)N2CCCC(CO)C2)C1. The molecule has 17 heavy (non-hydrogen) atoms. The molecule has 6 heteroatoms. The molecule has 0 bridgehead atoms. The minimum atomic E-state index is -3.34. The van der Waals surface area contributed by atoms with Crippen molar-refractivity contribution in [3.63, 3.8) is 0 Å². The van der Waals surface area contributed by atoms with E-state index in [1.54, 1.807) is 0 Å². The number of nitrogens with one attached hydrogen (secondary N) is 1. The van der Waals surface area contributed by atoms with Crippen molar-refractivity contribution in [2.45, 2.75) is 38.6 Å². The van der Waals surface area contributed by atoms with E-state index in [0.29, 0.717) is 19.0 Å². The van der Waals surface area contributed by atoms with Gasteiger partial charge in [-0.25, -0.2) is 0 Å². The molecule has 0 aromatic rings. The molecule has 0 spiro atoms. The van der Waals surface area contributed by atoms with Gasteiger partial charge in [-0.05, 0) is 37.5 Å². The number of hydrogen-bond donors (Lipinski definition) is 2. The highest BCUT2D eigenvalue weighted by Crippen LogP contribution is 2.27. The molecule has 1 heterocycles. The molecule has 1 saturated carbocycles. The van der Waals surface area contributed by atoms with Crippen molar-refractivity contribution in [2.24, 2.45) is 11.8 Å². The van der Waals surface area contributed by atoms with Crippen LogP contribution < -0.4 is 4.72 Å². The van der Waals surface area contributed by atoms with Crippen LogP contribution in [0.4, 0.5) is 0 Å². The molecule has 2 rings (SSSR count). The van der Waals surface area contributed by atoms with Crippen molar-refractivity contribution < 1.29 is 13.5 Å². The lowest BCUT2D eigenvalue weighted by molar-refractivity contribution is 0.163. The second-order valence-corrected chi connectivity index (χ2v) is 7.15. The maximum absolute atomic E-state index is 12.1. The zero-order valence-electron chi connectivity index (χ0n) is 10.3. The van der Waals surface area contributed by atoms with Crippen LogP contribution >= 0.6 is 0 Å². The highest BCUT2D eigenvalue weighted by molar-refractivity contribution is 7.87. The van der Waals surface area contributed by atoms with Crippen molar-refractivity contribution in [2.75, 3.05) is 19.7 Å². The Morgan fingerprint density at radius 3 is 2.71 bits per heavy atom. The molecule has 100 valence electrons. The minimum Gasteiger partial charge on any atom is -0.396 e. The van der Waals surface area contributed by atoms with Crippen LogP contribution in [-0.4, -0.2) is 43.6 Å². The van der Waals surface area contributed by atoms with Crippen LogP contribution in [0.15, 0.2) is 0 Å². The van der Waals surface area contributed by atoms with Crippen LogP contribution in [0.2, 0.25) is 0 Å². The van der Waals surface area contributed by atoms with Crippen LogP contribution in [0.25, 0.3) is 0 Å². The molecule has 0 aromatic heterocycles. The fraction of sp³-hybridized carbons (Fsp3) is 1.00. The zero-order valence-corrected chi connectivity index (χ0v) is 11.1. The largest absolute Gasteiger partial charge is 0.396 e. The lowest BCUT2D eigenvalue weighted by Crippen LogP contribution is -2.52. The number of nitrogens with zero attached hydrogens (tertiary/aromatic N) is 1. The van der Waals surface area contributed by atoms with Gasteiger partial charge in [0, 0.05) is 25.7 Å². The van der Waals surface area contributed by atoms with Gasteiger partial charge < -0.3 is 5.11 Å². The van der Waals surface area contributed by atoms with Crippen LogP contribution in [0.5, 0.6) is 0 Å². The van der Waals surface area contributed by atoms with E-state index < -0.39 is 10.2 Å². The van der Waals surface area contributed by atoms with Crippen LogP contribution in [-0.2, 0) is 10.2 Å². The first-order valence-electron chi connectivity index (χ1n) is 6.39. The first-order valence-corrected chi connectivity index (χ1v) is 7.83. The Balaban J connectivity index is 1.90. The Kier molecular flexibility index (Phi) is 4.07. The van der Waals surface area contributed by atoms with E-state index in [1.807, 2.05) is 0 Å². The van der Waals surface area contributed by atoms with Crippen molar-refractivity contribution >= 4 is 10.2 Å². The average molecular weight is 262 g/mol. The summed E-state index contributed by atoms with van der Waals surface area (Å²) in [4.78, 5) is 0. The second-order valence-electron chi connectivity index (χ2n) is 5.45. The fourth-order valence-electron chi connectivity index (χ4n) is 2.68. The molecule has 5 nitrogen and oxygen atoms in total. The van der Waals surface area contributed by atoms with Gasteiger partial charge in [-0.15, -0.1) is 0 Å². The molecule has 2 fully saturated rings. The van der Waals surface area contributed by atoms with Crippen molar-refractivity contribution in [1.82, 2.24) is 9.03 Å². The van der Waals surface area contributed by atoms with E-state index in [4.69, 9.17) is 5.11 Å². The number of aliphatic hydroxyl groups excluding tert-OH is 1. The summed E-state index contributed by atoms with van der Waals surface area (Å²) in [5, 5.41) is 9.11. The normalized spacial score (nSPS) is 35.5. The van der Waals surface area contributed by atoms with Gasteiger partial charge in [-0.3, -0.25) is 0 Å². The Bertz CT molecular complexity index is 352. The summed E-state index contributed by atoms with van der Waals surface area (Å²) in [6.07, 6.45) is 3.64. The Labute approximate surface area is 103 Å².